The Labute approximate surface area is 162 Å². The van der Waals surface area contributed by atoms with Gasteiger partial charge in [0.05, 0.1) is 10.6 Å². The summed E-state index contributed by atoms with van der Waals surface area (Å²) in [5, 5.41) is 3.32. The summed E-state index contributed by atoms with van der Waals surface area (Å²) in [7, 11) is 0. The van der Waals surface area contributed by atoms with Gasteiger partial charge in [-0.3, -0.25) is 9.78 Å². The van der Waals surface area contributed by atoms with Gasteiger partial charge in [-0.25, -0.2) is 4.98 Å². The highest BCUT2D eigenvalue weighted by atomic mass is 35.5. The van der Waals surface area contributed by atoms with Crippen LogP contribution in [0.5, 0.6) is 5.75 Å². The average Bonchev–Trinajstić information content (AvgIpc) is 2.65. The van der Waals surface area contributed by atoms with Crippen LogP contribution in [0.3, 0.4) is 0 Å². The minimum atomic E-state index is -0.315. The molecule has 0 aliphatic rings. The molecular weight excluding hydrogens is 364 g/mol. The summed E-state index contributed by atoms with van der Waals surface area (Å²) in [5.74, 6) is 0.457. The van der Waals surface area contributed by atoms with Crippen LogP contribution in [0.1, 0.15) is 34.5 Å². The molecule has 3 aromatic rings. The Morgan fingerprint density at radius 3 is 2.81 bits per heavy atom. The van der Waals surface area contributed by atoms with Crippen LogP contribution in [0.4, 0.5) is 11.5 Å². The zero-order valence-corrected chi connectivity index (χ0v) is 15.7. The topological polar surface area (TPSA) is 90.1 Å². The molecule has 0 unspecified atom stereocenters. The first-order valence-electron chi connectivity index (χ1n) is 8.33. The smallest absolute Gasteiger partial charge is 0.257 e. The summed E-state index contributed by atoms with van der Waals surface area (Å²) in [6.07, 6.45) is 4.38. The van der Waals surface area contributed by atoms with Gasteiger partial charge in [-0.2, -0.15) is 0 Å². The molecule has 0 fully saturated rings. The van der Waals surface area contributed by atoms with E-state index in [1.165, 1.54) is 12.4 Å². The summed E-state index contributed by atoms with van der Waals surface area (Å²) in [4.78, 5) is 20.4. The number of hydrogen-bond donors (Lipinski definition) is 2. The fourth-order valence-electron chi connectivity index (χ4n) is 2.54. The Morgan fingerprint density at radius 2 is 2.04 bits per heavy atom. The van der Waals surface area contributed by atoms with Crippen molar-refractivity contribution in [1.82, 2.24) is 9.97 Å². The highest BCUT2D eigenvalue weighted by Crippen LogP contribution is 2.29. The van der Waals surface area contributed by atoms with Crippen LogP contribution in [-0.4, -0.2) is 15.9 Å². The molecule has 2 aromatic heterocycles. The number of nitrogens with two attached hydrogens (primary N) is 1. The number of aryl methyl sites for hydroxylation is 1. The molecule has 0 saturated carbocycles. The lowest BCUT2D eigenvalue weighted by Crippen LogP contribution is -2.13. The van der Waals surface area contributed by atoms with Crippen molar-refractivity contribution in [2.75, 3.05) is 11.1 Å². The first-order chi connectivity index (χ1) is 12.9. The predicted molar refractivity (Wildman–Crippen MR) is 106 cm³/mol. The van der Waals surface area contributed by atoms with Gasteiger partial charge >= 0.3 is 0 Å². The first kappa shape index (κ1) is 18.7. The Bertz CT molecular complexity index is 978. The van der Waals surface area contributed by atoms with Gasteiger partial charge in [0.2, 0.25) is 0 Å². The quantitative estimate of drug-likeness (QED) is 0.682. The SMILES string of the molecule is Cc1cncc(C(=O)Nc2cccc([C@H](C)Oc3cc(Cl)cnc3N)c2)c1. The van der Waals surface area contributed by atoms with E-state index < -0.39 is 0 Å². The highest BCUT2D eigenvalue weighted by Gasteiger charge is 2.13. The van der Waals surface area contributed by atoms with Crippen LogP contribution >= 0.6 is 11.6 Å². The van der Waals surface area contributed by atoms with Crippen molar-refractivity contribution in [2.45, 2.75) is 20.0 Å². The van der Waals surface area contributed by atoms with Gasteiger partial charge in [-0.1, -0.05) is 23.7 Å². The van der Waals surface area contributed by atoms with Crippen molar-refractivity contribution in [3.8, 4) is 5.75 Å². The lowest BCUT2D eigenvalue weighted by atomic mass is 10.1. The molecule has 1 amide bonds. The Hall–Kier alpha value is -3.12. The van der Waals surface area contributed by atoms with Gasteiger partial charge < -0.3 is 15.8 Å². The Balaban J connectivity index is 1.74. The van der Waals surface area contributed by atoms with Crippen LogP contribution in [0.15, 0.2) is 55.0 Å². The molecule has 7 heteroatoms. The number of ether oxygens (including phenoxy) is 1. The number of carbonyl (C=O) groups excluding carboxylic acids is 1. The fraction of sp³-hybridized carbons (Fsp3) is 0.150. The van der Waals surface area contributed by atoms with Gasteiger partial charge in [0, 0.05) is 30.3 Å². The van der Waals surface area contributed by atoms with E-state index in [9.17, 15) is 4.79 Å². The van der Waals surface area contributed by atoms with Crippen LogP contribution in [0.2, 0.25) is 5.02 Å². The minimum Gasteiger partial charge on any atom is -0.482 e. The summed E-state index contributed by atoms with van der Waals surface area (Å²) < 4.78 is 5.88. The van der Waals surface area contributed by atoms with Crippen molar-refractivity contribution >= 4 is 29.0 Å². The number of hydrogen-bond acceptors (Lipinski definition) is 5. The molecule has 6 nitrogen and oxygen atoms in total. The molecule has 3 rings (SSSR count). The number of anilines is 2. The number of nitrogens with one attached hydrogen (secondary N) is 1. The van der Waals surface area contributed by atoms with E-state index in [-0.39, 0.29) is 17.8 Å². The third-order valence-corrected chi connectivity index (χ3v) is 4.11. The molecule has 1 aromatic carbocycles. The van der Waals surface area contributed by atoms with E-state index in [4.69, 9.17) is 22.1 Å². The minimum absolute atomic E-state index is 0.222. The molecule has 0 saturated heterocycles. The van der Waals surface area contributed by atoms with Crippen molar-refractivity contribution in [2.24, 2.45) is 0 Å². The summed E-state index contributed by atoms with van der Waals surface area (Å²) in [5.41, 5.74) is 8.78. The lowest BCUT2D eigenvalue weighted by molar-refractivity contribution is 0.102. The second-order valence-corrected chi connectivity index (χ2v) is 6.56. The Kier molecular flexibility index (Phi) is 5.57. The summed E-state index contributed by atoms with van der Waals surface area (Å²) in [6.45, 7) is 3.77. The third kappa shape index (κ3) is 4.74. The molecule has 0 aliphatic carbocycles. The van der Waals surface area contributed by atoms with Crippen LogP contribution in [0.25, 0.3) is 0 Å². The van der Waals surface area contributed by atoms with Crippen LogP contribution in [0, 0.1) is 6.92 Å². The molecule has 3 N–H and O–H groups in total. The molecule has 0 bridgehead atoms. The maximum Gasteiger partial charge on any atom is 0.257 e. The number of benzene rings is 1. The zero-order valence-electron chi connectivity index (χ0n) is 14.9. The lowest BCUT2D eigenvalue weighted by Gasteiger charge is -2.17. The van der Waals surface area contributed by atoms with E-state index >= 15 is 0 Å². The average molecular weight is 383 g/mol. The number of aromatic nitrogens is 2. The number of amides is 1. The normalized spacial score (nSPS) is 11.7. The largest absolute Gasteiger partial charge is 0.482 e. The highest BCUT2D eigenvalue weighted by molar-refractivity contribution is 6.30. The van der Waals surface area contributed by atoms with Gasteiger partial charge in [0.15, 0.2) is 11.6 Å². The number of nitrogen functional groups attached to an aromatic ring is 1. The van der Waals surface area contributed by atoms with Gasteiger partial charge in [-0.05, 0) is 43.2 Å². The molecule has 0 aliphatic heterocycles. The third-order valence-electron chi connectivity index (χ3n) is 3.90. The molecule has 1 atom stereocenters. The molecule has 0 spiro atoms. The number of nitrogens with zero attached hydrogens (tertiary/aromatic N) is 2. The second kappa shape index (κ2) is 8.05. The standard InChI is InChI=1S/C20H19ClN4O2/c1-12-6-15(10-23-9-12)20(26)25-17-5-3-4-14(7-17)13(2)27-18-8-16(21)11-24-19(18)22/h3-11,13H,1-2H3,(H2,22,24)(H,25,26)/t13-/m0/s1. The number of carbonyl (C=O) groups is 1. The van der Waals surface area contributed by atoms with Crippen molar-refractivity contribution in [1.29, 1.82) is 0 Å². The number of halogens is 1. The van der Waals surface area contributed by atoms with Crippen LogP contribution in [-0.2, 0) is 0 Å². The van der Waals surface area contributed by atoms with E-state index in [1.54, 1.807) is 18.3 Å². The van der Waals surface area contributed by atoms with Crippen molar-refractivity contribution in [3.63, 3.8) is 0 Å². The maximum absolute atomic E-state index is 12.4. The summed E-state index contributed by atoms with van der Waals surface area (Å²) >= 11 is 5.95. The van der Waals surface area contributed by atoms with E-state index in [1.807, 2.05) is 38.1 Å². The van der Waals surface area contributed by atoms with Gasteiger partial charge in [0.1, 0.15) is 6.10 Å². The van der Waals surface area contributed by atoms with E-state index in [2.05, 4.69) is 15.3 Å². The van der Waals surface area contributed by atoms with Crippen LogP contribution < -0.4 is 15.8 Å². The Morgan fingerprint density at radius 1 is 1.22 bits per heavy atom. The van der Waals surface area contributed by atoms with E-state index in [0.29, 0.717) is 22.0 Å². The molecule has 138 valence electrons. The molecule has 0 radical (unpaired) electrons. The first-order valence-corrected chi connectivity index (χ1v) is 8.71. The molecule has 27 heavy (non-hydrogen) atoms. The number of rotatable bonds is 5. The van der Waals surface area contributed by atoms with Gasteiger partial charge in [0.25, 0.3) is 5.91 Å². The second-order valence-electron chi connectivity index (χ2n) is 6.13. The van der Waals surface area contributed by atoms with Crippen molar-refractivity contribution < 1.29 is 9.53 Å². The monoisotopic (exact) mass is 382 g/mol. The maximum atomic E-state index is 12.4. The zero-order chi connectivity index (χ0) is 19.4. The van der Waals surface area contributed by atoms with Gasteiger partial charge in [-0.15, -0.1) is 0 Å². The summed E-state index contributed by atoms with van der Waals surface area (Å²) in [6, 6.07) is 10.8. The van der Waals surface area contributed by atoms with E-state index in [0.717, 1.165) is 11.1 Å². The molecular formula is C20H19ClN4O2. The van der Waals surface area contributed by atoms with Crippen molar-refractivity contribution in [3.05, 3.63) is 76.7 Å². The predicted octanol–water partition coefficient (Wildman–Crippen LogP) is 4.41. The molecule has 2 heterocycles. The fourth-order valence-corrected chi connectivity index (χ4v) is 2.68. The number of pyridine rings is 2.